The van der Waals surface area contributed by atoms with Crippen LogP contribution in [-0.2, 0) is 0 Å². The van der Waals surface area contributed by atoms with Crippen molar-refractivity contribution in [3.05, 3.63) is 67.0 Å². The Bertz CT molecular complexity index is 1160. The molecule has 0 bridgehead atoms. The number of nitrogens with one attached hydrogen (secondary N) is 1. The van der Waals surface area contributed by atoms with Crippen molar-refractivity contribution in [3.8, 4) is 0 Å². The molecule has 0 fully saturated rings. The SMILES string of the molecule is c1ccc([C@H]2NC3=NCN(n4cnnc4)CN3c3nc4ccccc4n32)nc1. The highest BCUT2D eigenvalue weighted by atomic mass is 15.7. The maximum atomic E-state index is 4.90. The average Bonchev–Trinajstić information content (AvgIpc) is 3.42. The Morgan fingerprint density at radius 2 is 1.86 bits per heavy atom. The quantitative estimate of drug-likeness (QED) is 0.559. The van der Waals surface area contributed by atoms with Gasteiger partial charge in [0.2, 0.25) is 11.9 Å². The van der Waals surface area contributed by atoms with Crippen molar-refractivity contribution < 1.29 is 0 Å². The lowest BCUT2D eigenvalue weighted by Crippen LogP contribution is -2.59. The van der Waals surface area contributed by atoms with E-state index in [-0.39, 0.29) is 6.17 Å². The Hall–Kier alpha value is -3.95. The second-order valence-electron chi connectivity index (χ2n) is 6.61. The van der Waals surface area contributed by atoms with Crippen LogP contribution in [0.2, 0.25) is 0 Å². The zero-order valence-corrected chi connectivity index (χ0v) is 14.8. The lowest BCUT2D eigenvalue weighted by atomic mass is 10.2. The van der Waals surface area contributed by atoms with Crippen LogP contribution >= 0.6 is 0 Å². The molecule has 0 amide bonds. The number of nitrogens with zero attached hydrogens (tertiary/aromatic N) is 9. The van der Waals surface area contributed by atoms with Crippen LogP contribution in [0.25, 0.3) is 11.0 Å². The maximum Gasteiger partial charge on any atom is 0.217 e. The molecule has 1 aromatic carbocycles. The fourth-order valence-corrected chi connectivity index (χ4v) is 3.69. The standard InChI is InChI=1S/C18H16N10/c1-2-7-15-13(5-1)23-18-27-12-26(25-10-21-22-11-25)9-20-17(27)24-16(28(15)18)14-6-3-4-8-19-14/h1-8,10-11,16H,9,12H2,(H,20,24)/t16-/m0/s1. The van der Waals surface area contributed by atoms with Gasteiger partial charge in [-0.15, -0.1) is 10.2 Å². The summed E-state index contributed by atoms with van der Waals surface area (Å²) in [6, 6.07) is 14.0. The Morgan fingerprint density at radius 1 is 1.00 bits per heavy atom. The van der Waals surface area contributed by atoms with E-state index >= 15 is 0 Å². The summed E-state index contributed by atoms with van der Waals surface area (Å²) in [5, 5.41) is 13.3. The van der Waals surface area contributed by atoms with Crippen molar-refractivity contribution in [2.45, 2.75) is 6.17 Å². The summed E-state index contributed by atoms with van der Waals surface area (Å²) in [5.74, 6) is 1.61. The molecule has 10 nitrogen and oxygen atoms in total. The minimum atomic E-state index is -0.180. The molecule has 6 rings (SSSR count). The van der Waals surface area contributed by atoms with Crippen LogP contribution in [-0.4, -0.2) is 48.7 Å². The summed E-state index contributed by atoms with van der Waals surface area (Å²) in [4.78, 5) is 16.3. The van der Waals surface area contributed by atoms with E-state index in [9.17, 15) is 0 Å². The number of rotatable bonds is 2. The van der Waals surface area contributed by atoms with Crippen molar-refractivity contribution >= 4 is 22.9 Å². The molecular formula is C18H16N10. The molecule has 0 radical (unpaired) electrons. The first-order valence-electron chi connectivity index (χ1n) is 8.95. The number of fused-ring (bicyclic) bond motifs is 5. The molecular weight excluding hydrogens is 356 g/mol. The third-order valence-corrected chi connectivity index (χ3v) is 4.99. The van der Waals surface area contributed by atoms with Gasteiger partial charge in [0.1, 0.15) is 26.0 Å². The molecule has 1 atom stereocenters. The molecule has 2 aliphatic rings. The van der Waals surface area contributed by atoms with Gasteiger partial charge in [-0.3, -0.25) is 19.5 Å². The van der Waals surface area contributed by atoms with E-state index in [0.29, 0.717) is 13.3 Å². The van der Waals surface area contributed by atoms with Gasteiger partial charge in [0.25, 0.3) is 0 Å². The Morgan fingerprint density at radius 3 is 2.71 bits per heavy atom. The predicted octanol–water partition coefficient (Wildman–Crippen LogP) is 0.902. The molecule has 2 aliphatic heterocycles. The van der Waals surface area contributed by atoms with Crippen LogP contribution in [0.3, 0.4) is 0 Å². The molecule has 1 N–H and O–H groups in total. The number of pyridine rings is 1. The van der Waals surface area contributed by atoms with Gasteiger partial charge in [-0.05, 0) is 24.3 Å². The van der Waals surface area contributed by atoms with E-state index < -0.39 is 0 Å². The van der Waals surface area contributed by atoms with E-state index in [2.05, 4.69) is 36.0 Å². The van der Waals surface area contributed by atoms with E-state index in [1.165, 1.54) is 0 Å². The van der Waals surface area contributed by atoms with Gasteiger partial charge in [-0.2, -0.15) is 0 Å². The Balaban J connectivity index is 1.52. The van der Waals surface area contributed by atoms with E-state index in [0.717, 1.165) is 28.6 Å². The normalized spacial score (nSPS) is 18.4. The summed E-state index contributed by atoms with van der Waals surface area (Å²) in [7, 11) is 0. The van der Waals surface area contributed by atoms with E-state index in [1.807, 2.05) is 46.1 Å². The largest absolute Gasteiger partial charge is 0.330 e. The molecule has 0 spiro atoms. The lowest BCUT2D eigenvalue weighted by Gasteiger charge is -2.41. The second kappa shape index (κ2) is 5.78. The van der Waals surface area contributed by atoms with Gasteiger partial charge >= 0.3 is 0 Å². The molecule has 28 heavy (non-hydrogen) atoms. The smallest absolute Gasteiger partial charge is 0.217 e. The molecule has 0 aliphatic carbocycles. The Kier molecular flexibility index (Phi) is 3.12. The predicted molar refractivity (Wildman–Crippen MR) is 103 cm³/mol. The highest BCUT2D eigenvalue weighted by Gasteiger charge is 2.36. The van der Waals surface area contributed by atoms with Gasteiger partial charge in [-0.25, -0.2) is 14.7 Å². The number of aromatic nitrogens is 6. The summed E-state index contributed by atoms with van der Waals surface area (Å²) in [5.41, 5.74) is 2.89. The number of anilines is 1. The van der Waals surface area contributed by atoms with Gasteiger partial charge in [-0.1, -0.05) is 18.2 Å². The first kappa shape index (κ1) is 15.1. The lowest BCUT2D eigenvalue weighted by molar-refractivity contribution is 0.487. The number of hydrogen-bond donors (Lipinski definition) is 1. The zero-order chi connectivity index (χ0) is 18.5. The molecule has 0 saturated carbocycles. The van der Waals surface area contributed by atoms with Gasteiger partial charge in [0.15, 0.2) is 6.17 Å². The van der Waals surface area contributed by atoms with Crippen LogP contribution in [0.1, 0.15) is 11.9 Å². The van der Waals surface area contributed by atoms with Crippen LogP contribution < -0.4 is 15.2 Å². The van der Waals surface area contributed by atoms with Crippen molar-refractivity contribution in [2.75, 3.05) is 23.2 Å². The fourth-order valence-electron chi connectivity index (χ4n) is 3.69. The van der Waals surface area contributed by atoms with Crippen LogP contribution in [0.4, 0.5) is 5.95 Å². The number of imidazole rings is 1. The monoisotopic (exact) mass is 372 g/mol. The summed E-state index contributed by atoms with van der Waals surface area (Å²) in [6.45, 7) is 1.06. The molecule has 4 aromatic rings. The fraction of sp³-hybridized carbons (Fsp3) is 0.167. The molecule has 138 valence electrons. The topological polar surface area (TPSA) is 92.3 Å². The van der Waals surface area contributed by atoms with Crippen molar-refractivity contribution in [3.63, 3.8) is 0 Å². The summed E-state index contributed by atoms with van der Waals surface area (Å²) < 4.78 is 4.00. The van der Waals surface area contributed by atoms with E-state index in [4.69, 9.17) is 9.98 Å². The number of guanidine groups is 1. The van der Waals surface area contributed by atoms with Crippen LogP contribution in [0, 0.1) is 0 Å². The molecule has 5 heterocycles. The third kappa shape index (κ3) is 2.17. The van der Waals surface area contributed by atoms with Crippen molar-refractivity contribution in [2.24, 2.45) is 4.99 Å². The first-order chi connectivity index (χ1) is 13.9. The highest BCUT2D eigenvalue weighted by molar-refractivity contribution is 5.99. The van der Waals surface area contributed by atoms with Gasteiger partial charge < -0.3 is 5.32 Å². The highest BCUT2D eigenvalue weighted by Crippen LogP contribution is 2.32. The molecule has 0 unspecified atom stereocenters. The number of hydrogen-bond acceptors (Lipinski definition) is 8. The average molecular weight is 372 g/mol. The first-order valence-corrected chi connectivity index (χ1v) is 8.95. The minimum absolute atomic E-state index is 0.180. The van der Waals surface area contributed by atoms with Gasteiger partial charge in [0.05, 0.1) is 16.7 Å². The minimum Gasteiger partial charge on any atom is -0.330 e. The third-order valence-electron chi connectivity index (χ3n) is 4.99. The van der Waals surface area contributed by atoms with Crippen molar-refractivity contribution in [1.82, 2.24) is 34.7 Å². The molecule has 3 aromatic heterocycles. The van der Waals surface area contributed by atoms with E-state index in [1.54, 1.807) is 18.9 Å². The molecule has 0 saturated heterocycles. The Labute approximate surface area is 159 Å². The molecule has 10 heteroatoms. The van der Waals surface area contributed by atoms with Crippen LogP contribution in [0.15, 0.2) is 66.3 Å². The van der Waals surface area contributed by atoms with Crippen molar-refractivity contribution in [1.29, 1.82) is 0 Å². The maximum absolute atomic E-state index is 4.90. The van der Waals surface area contributed by atoms with Gasteiger partial charge in [0, 0.05) is 6.20 Å². The number of para-hydroxylation sites is 2. The second-order valence-corrected chi connectivity index (χ2v) is 6.61. The zero-order valence-electron chi connectivity index (χ0n) is 14.8. The summed E-state index contributed by atoms with van der Waals surface area (Å²) in [6.07, 6.45) is 4.95. The number of benzene rings is 1. The summed E-state index contributed by atoms with van der Waals surface area (Å²) >= 11 is 0. The van der Waals surface area contributed by atoms with Crippen LogP contribution in [0.5, 0.6) is 0 Å². The number of aliphatic imine (C=N–C) groups is 1.